The Kier molecular flexibility index (Phi) is 9.95. The van der Waals surface area contributed by atoms with Crippen LogP contribution in [-0.2, 0) is 11.3 Å². The van der Waals surface area contributed by atoms with Gasteiger partial charge in [-0.25, -0.2) is 4.99 Å². The van der Waals surface area contributed by atoms with Gasteiger partial charge in [-0.05, 0) is 26.3 Å². The molecule has 0 radical (unpaired) electrons. The molecule has 1 aromatic carbocycles. The third-order valence-electron chi connectivity index (χ3n) is 4.44. The number of rotatable bonds is 7. The van der Waals surface area contributed by atoms with Crippen molar-refractivity contribution in [2.24, 2.45) is 4.99 Å². The van der Waals surface area contributed by atoms with E-state index in [9.17, 15) is 10.1 Å². The molecule has 0 bridgehead atoms. The minimum absolute atomic E-state index is 0. The summed E-state index contributed by atoms with van der Waals surface area (Å²) in [6, 6.07) is 6.58. The quantitative estimate of drug-likeness (QED) is 0.200. The number of nitro groups is 1. The molecule has 1 aromatic rings. The van der Waals surface area contributed by atoms with Crippen LogP contribution in [0.25, 0.3) is 0 Å². The smallest absolute Gasteiger partial charge is 0.269 e. The van der Waals surface area contributed by atoms with Crippen molar-refractivity contribution in [2.45, 2.75) is 32.9 Å². The van der Waals surface area contributed by atoms with Gasteiger partial charge >= 0.3 is 0 Å². The summed E-state index contributed by atoms with van der Waals surface area (Å²) in [5.74, 6) is 0.709. The molecule has 27 heavy (non-hydrogen) atoms. The number of guanidine groups is 1. The summed E-state index contributed by atoms with van der Waals surface area (Å²) >= 11 is 0. The van der Waals surface area contributed by atoms with Crippen molar-refractivity contribution in [3.63, 3.8) is 0 Å². The van der Waals surface area contributed by atoms with Crippen LogP contribution in [0.3, 0.4) is 0 Å². The van der Waals surface area contributed by atoms with Gasteiger partial charge in [0.2, 0.25) is 0 Å². The van der Waals surface area contributed by atoms with Gasteiger partial charge in [0.1, 0.15) is 0 Å². The molecule has 1 heterocycles. The van der Waals surface area contributed by atoms with E-state index in [1.54, 1.807) is 12.1 Å². The zero-order valence-electron chi connectivity index (χ0n) is 16.2. The average molecular weight is 491 g/mol. The lowest BCUT2D eigenvalue weighted by Crippen LogP contribution is -2.56. The molecular formula is C18H30IN5O3. The van der Waals surface area contributed by atoms with Gasteiger partial charge < -0.3 is 15.4 Å². The Hall–Kier alpha value is -1.46. The van der Waals surface area contributed by atoms with Crippen LogP contribution in [0.1, 0.15) is 26.3 Å². The summed E-state index contributed by atoms with van der Waals surface area (Å²) in [7, 11) is 0. The lowest BCUT2D eigenvalue weighted by molar-refractivity contribution is -0.384. The summed E-state index contributed by atoms with van der Waals surface area (Å²) < 4.78 is 5.43. The maximum absolute atomic E-state index is 10.9. The first-order chi connectivity index (χ1) is 12.4. The Morgan fingerprint density at radius 2 is 2.04 bits per heavy atom. The number of aliphatic imine (C=N–C) groups is 1. The number of nitrogens with one attached hydrogen (secondary N) is 2. The molecule has 2 rings (SSSR count). The summed E-state index contributed by atoms with van der Waals surface area (Å²) in [6.07, 6.45) is 0. The number of hydrogen-bond donors (Lipinski definition) is 2. The van der Waals surface area contributed by atoms with Gasteiger partial charge in [-0.1, -0.05) is 12.1 Å². The fourth-order valence-corrected chi connectivity index (χ4v) is 2.86. The molecule has 1 fully saturated rings. The van der Waals surface area contributed by atoms with E-state index in [-0.39, 0.29) is 40.1 Å². The number of nitro benzene ring substituents is 1. The lowest BCUT2D eigenvalue weighted by atomic mass is 10.0. The second-order valence-electron chi connectivity index (χ2n) is 6.89. The standard InChI is InChI=1S/C18H29N5O3.HI/c1-4-19-17(20-13-15-6-5-7-16(12-15)23(24)25)21-14-18(2,3)22-8-10-26-11-9-22;/h5-7,12H,4,8-11,13-14H2,1-3H3,(H2,19,20,21);1H. The number of ether oxygens (including phenoxy) is 1. The van der Waals surface area contributed by atoms with Gasteiger partial charge in [0.05, 0.1) is 24.7 Å². The van der Waals surface area contributed by atoms with E-state index in [2.05, 4.69) is 34.4 Å². The molecule has 1 saturated heterocycles. The van der Waals surface area contributed by atoms with Crippen LogP contribution in [0.5, 0.6) is 0 Å². The highest BCUT2D eigenvalue weighted by atomic mass is 127. The van der Waals surface area contributed by atoms with Crippen LogP contribution < -0.4 is 10.6 Å². The van der Waals surface area contributed by atoms with Crippen molar-refractivity contribution in [2.75, 3.05) is 39.4 Å². The molecule has 8 nitrogen and oxygen atoms in total. The van der Waals surface area contributed by atoms with Crippen molar-refractivity contribution >= 4 is 35.6 Å². The third-order valence-corrected chi connectivity index (χ3v) is 4.44. The van der Waals surface area contributed by atoms with Crippen LogP contribution in [0.4, 0.5) is 5.69 Å². The Morgan fingerprint density at radius 1 is 1.33 bits per heavy atom. The van der Waals surface area contributed by atoms with E-state index >= 15 is 0 Å². The summed E-state index contributed by atoms with van der Waals surface area (Å²) in [4.78, 5) is 17.5. The second kappa shape index (κ2) is 11.4. The zero-order chi connectivity index (χ0) is 19.0. The van der Waals surface area contributed by atoms with Crippen molar-refractivity contribution in [1.29, 1.82) is 0 Å². The highest BCUT2D eigenvalue weighted by Crippen LogP contribution is 2.15. The zero-order valence-corrected chi connectivity index (χ0v) is 18.6. The molecule has 0 aliphatic carbocycles. The fourth-order valence-electron chi connectivity index (χ4n) is 2.86. The number of benzene rings is 1. The summed E-state index contributed by atoms with van der Waals surface area (Å²) in [6.45, 7) is 11.7. The summed E-state index contributed by atoms with van der Waals surface area (Å²) in [5.41, 5.74) is 0.874. The molecular weight excluding hydrogens is 461 g/mol. The van der Waals surface area contributed by atoms with E-state index < -0.39 is 0 Å². The highest BCUT2D eigenvalue weighted by molar-refractivity contribution is 14.0. The van der Waals surface area contributed by atoms with Crippen LogP contribution >= 0.6 is 24.0 Å². The number of non-ortho nitro benzene ring substituents is 1. The maximum Gasteiger partial charge on any atom is 0.269 e. The Bertz CT molecular complexity index is 633. The molecule has 1 aliphatic rings. The largest absolute Gasteiger partial charge is 0.379 e. The average Bonchev–Trinajstić information content (AvgIpc) is 2.65. The summed E-state index contributed by atoms with van der Waals surface area (Å²) in [5, 5.41) is 17.5. The third kappa shape index (κ3) is 7.59. The minimum Gasteiger partial charge on any atom is -0.379 e. The number of hydrogen-bond acceptors (Lipinski definition) is 5. The highest BCUT2D eigenvalue weighted by Gasteiger charge is 2.28. The maximum atomic E-state index is 10.9. The molecule has 0 unspecified atom stereocenters. The van der Waals surface area contributed by atoms with Gasteiger partial charge in [0.25, 0.3) is 5.69 Å². The Morgan fingerprint density at radius 3 is 2.67 bits per heavy atom. The first kappa shape index (κ1) is 23.6. The van der Waals surface area contributed by atoms with Crippen LogP contribution in [0.2, 0.25) is 0 Å². The molecule has 0 saturated carbocycles. The molecule has 1 aliphatic heterocycles. The van der Waals surface area contributed by atoms with E-state index in [0.717, 1.165) is 45.0 Å². The fraction of sp³-hybridized carbons (Fsp3) is 0.611. The molecule has 152 valence electrons. The molecule has 2 N–H and O–H groups in total. The molecule has 0 atom stereocenters. The predicted molar refractivity (Wildman–Crippen MR) is 118 cm³/mol. The van der Waals surface area contributed by atoms with Crippen molar-refractivity contribution < 1.29 is 9.66 Å². The Balaban J connectivity index is 0.00000364. The monoisotopic (exact) mass is 491 g/mol. The molecule has 9 heteroatoms. The normalized spacial score (nSPS) is 15.7. The van der Waals surface area contributed by atoms with Crippen LogP contribution in [-0.4, -0.2) is 60.7 Å². The number of morpholine rings is 1. The molecule has 0 amide bonds. The van der Waals surface area contributed by atoms with Crippen LogP contribution in [0.15, 0.2) is 29.3 Å². The van der Waals surface area contributed by atoms with Crippen LogP contribution in [0, 0.1) is 10.1 Å². The predicted octanol–water partition coefficient (Wildman–Crippen LogP) is 2.38. The van der Waals surface area contributed by atoms with Gasteiger partial charge in [-0.3, -0.25) is 15.0 Å². The SMILES string of the molecule is CCNC(=NCc1cccc([N+](=O)[O-])c1)NCC(C)(C)N1CCOCC1.I. The van der Waals surface area contributed by atoms with Gasteiger partial charge in [-0.15, -0.1) is 24.0 Å². The first-order valence-corrected chi connectivity index (χ1v) is 9.00. The van der Waals surface area contributed by atoms with E-state index in [1.807, 2.05) is 13.0 Å². The minimum atomic E-state index is -0.387. The number of nitrogens with zero attached hydrogens (tertiary/aromatic N) is 3. The van der Waals surface area contributed by atoms with Crippen molar-refractivity contribution in [3.05, 3.63) is 39.9 Å². The first-order valence-electron chi connectivity index (χ1n) is 9.00. The lowest BCUT2D eigenvalue weighted by Gasteiger charge is -2.41. The van der Waals surface area contributed by atoms with Crippen molar-refractivity contribution in [3.8, 4) is 0 Å². The van der Waals surface area contributed by atoms with E-state index in [4.69, 9.17) is 4.74 Å². The molecule has 0 aromatic heterocycles. The Labute approximate surface area is 177 Å². The topological polar surface area (TPSA) is 92.0 Å². The van der Waals surface area contributed by atoms with E-state index in [1.165, 1.54) is 6.07 Å². The van der Waals surface area contributed by atoms with Crippen molar-refractivity contribution in [1.82, 2.24) is 15.5 Å². The van der Waals surface area contributed by atoms with Gasteiger partial charge in [0.15, 0.2) is 5.96 Å². The molecule has 0 spiro atoms. The van der Waals surface area contributed by atoms with E-state index in [0.29, 0.717) is 12.5 Å². The number of halogens is 1. The second-order valence-corrected chi connectivity index (χ2v) is 6.89. The van der Waals surface area contributed by atoms with Gasteiger partial charge in [-0.2, -0.15) is 0 Å². The van der Waals surface area contributed by atoms with Gasteiger partial charge in [0, 0.05) is 43.9 Å².